The van der Waals surface area contributed by atoms with Gasteiger partial charge < -0.3 is 10.0 Å². The number of hydrogen-bond donors (Lipinski definition) is 2. The molecule has 1 aliphatic heterocycles. The van der Waals surface area contributed by atoms with E-state index in [2.05, 4.69) is 10.3 Å². The molecule has 1 heterocycles. The molecule has 0 aromatic heterocycles. The molecule has 0 bridgehead atoms. The maximum Gasteiger partial charge on any atom is 0.413 e. The van der Waals surface area contributed by atoms with Gasteiger partial charge in [0.25, 0.3) is 5.69 Å². The summed E-state index contributed by atoms with van der Waals surface area (Å²) in [7, 11) is -2.33. The van der Waals surface area contributed by atoms with Gasteiger partial charge in [0.05, 0.1) is 18.0 Å². The number of hydrogen-bond acceptors (Lipinski definition) is 8. The van der Waals surface area contributed by atoms with E-state index in [1.54, 1.807) is 31.3 Å². The van der Waals surface area contributed by atoms with Crippen molar-refractivity contribution >= 4 is 33.4 Å². The molecule has 0 unspecified atom stereocenters. The highest BCUT2D eigenvalue weighted by Gasteiger charge is 2.25. The van der Waals surface area contributed by atoms with Crippen LogP contribution in [0.15, 0.2) is 70.6 Å². The molecule has 0 aliphatic carbocycles. The van der Waals surface area contributed by atoms with Gasteiger partial charge in [-0.25, -0.2) is 13.2 Å². The van der Waals surface area contributed by atoms with Crippen LogP contribution >= 0.6 is 0 Å². The molecule has 2 amide bonds. The largest absolute Gasteiger partial charge is 0.465 e. The number of amidine groups is 1. The molecule has 1 aliphatic rings. The number of nitro groups is 1. The Balaban J connectivity index is 1.49. The number of carbonyl (C=O) groups excluding carboxylic acids is 1. The van der Waals surface area contributed by atoms with Gasteiger partial charge in [0.15, 0.2) is 9.84 Å². The van der Waals surface area contributed by atoms with Crippen molar-refractivity contribution in [1.82, 2.24) is 15.1 Å². The number of nitrogens with zero attached hydrogens (tertiary/aromatic N) is 4. The zero-order chi connectivity index (χ0) is 26.3. The fourth-order valence-electron chi connectivity index (χ4n) is 3.50. The smallest absolute Gasteiger partial charge is 0.413 e. The summed E-state index contributed by atoms with van der Waals surface area (Å²) in [6.07, 6.45) is 1.72. The molecular weight excluding hydrogens is 490 g/mol. The Labute approximate surface area is 207 Å². The van der Waals surface area contributed by atoms with E-state index < -0.39 is 32.4 Å². The summed E-state index contributed by atoms with van der Waals surface area (Å²) < 4.78 is 24.8. The van der Waals surface area contributed by atoms with E-state index in [0.29, 0.717) is 31.0 Å². The minimum atomic E-state index is -3.94. The Bertz CT molecular complexity index is 1310. The second-order valence-electron chi connectivity index (χ2n) is 7.87. The van der Waals surface area contributed by atoms with E-state index in [9.17, 15) is 33.2 Å². The number of rotatable bonds is 10. The van der Waals surface area contributed by atoms with Gasteiger partial charge in [0, 0.05) is 37.8 Å². The van der Waals surface area contributed by atoms with Crippen molar-refractivity contribution in [2.24, 2.45) is 4.99 Å². The first-order valence-electron chi connectivity index (χ1n) is 10.8. The molecule has 0 radical (unpaired) electrons. The summed E-state index contributed by atoms with van der Waals surface area (Å²) in [5.74, 6) is -0.430. The molecule has 0 fully saturated rings. The van der Waals surface area contributed by atoms with Crippen LogP contribution in [0, 0.1) is 10.1 Å². The third-order valence-electron chi connectivity index (χ3n) is 5.29. The lowest BCUT2D eigenvalue weighted by Gasteiger charge is -2.17. The topological polar surface area (TPSA) is 163 Å². The molecule has 36 heavy (non-hydrogen) atoms. The van der Waals surface area contributed by atoms with Crippen molar-refractivity contribution in [2.75, 3.05) is 32.6 Å². The number of nitrogens with one attached hydrogen (secondary N) is 1. The molecule has 2 N–H and O–H groups in total. The summed E-state index contributed by atoms with van der Waals surface area (Å²) >= 11 is 0. The summed E-state index contributed by atoms with van der Waals surface area (Å²) in [5, 5.41) is 23.0. The molecule has 0 atom stereocenters. The fraction of sp³-hybridized carbons (Fsp3) is 0.261. The molecule has 13 heteroatoms. The van der Waals surface area contributed by atoms with E-state index in [4.69, 9.17) is 0 Å². The standard InChI is InChI=1S/C23H25N5O7S/c1-26(15-17-8-10-18(11-9-17)22-25-13-14-27(22)23(30)31)21(29)7-4-12-24-16-36(34,35)20-6-3-2-5-19(20)28(32)33/h2-11,24H,12-16H2,1H3,(H,30,31)/b7-4+. The summed E-state index contributed by atoms with van der Waals surface area (Å²) in [6, 6.07) is 12.2. The molecule has 2 aromatic rings. The highest BCUT2D eigenvalue weighted by atomic mass is 32.2. The molecule has 3 rings (SSSR count). The summed E-state index contributed by atoms with van der Waals surface area (Å²) in [5.41, 5.74) is 1.02. The van der Waals surface area contributed by atoms with Crippen LogP contribution in [-0.2, 0) is 21.2 Å². The molecule has 0 saturated heterocycles. The zero-order valence-electron chi connectivity index (χ0n) is 19.4. The quantitative estimate of drug-likeness (QED) is 0.210. The maximum atomic E-state index is 12.4. The van der Waals surface area contributed by atoms with Crippen molar-refractivity contribution in [3.63, 3.8) is 0 Å². The fourth-order valence-corrected chi connectivity index (χ4v) is 4.79. The predicted octanol–water partition coefficient (Wildman–Crippen LogP) is 1.87. The molecule has 0 saturated carbocycles. The Hall–Kier alpha value is -4.10. The summed E-state index contributed by atoms with van der Waals surface area (Å²) in [6.45, 7) is 1.11. The van der Waals surface area contributed by atoms with Gasteiger partial charge in [-0.1, -0.05) is 42.5 Å². The number of likely N-dealkylation sites (N-methyl/N-ethyl adjacent to an activating group) is 1. The normalized spacial score (nSPS) is 13.6. The third kappa shape index (κ3) is 6.52. The molecular formula is C23H25N5O7S. The van der Waals surface area contributed by atoms with Gasteiger partial charge in [-0.3, -0.25) is 30.1 Å². The number of benzene rings is 2. The van der Waals surface area contributed by atoms with Crippen molar-refractivity contribution in [3.8, 4) is 0 Å². The van der Waals surface area contributed by atoms with Crippen LogP contribution in [0.2, 0.25) is 0 Å². The van der Waals surface area contributed by atoms with Gasteiger partial charge in [0.1, 0.15) is 16.6 Å². The first kappa shape index (κ1) is 26.5. The molecule has 2 aromatic carbocycles. The van der Waals surface area contributed by atoms with Gasteiger partial charge >= 0.3 is 6.09 Å². The lowest BCUT2D eigenvalue weighted by Crippen LogP contribution is -2.33. The van der Waals surface area contributed by atoms with E-state index >= 15 is 0 Å². The van der Waals surface area contributed by atoms with Crippen LogP contribution in [0.25, 0.3) is 0 Å². The minimum absolute atomic E-state index is 0.0658. The average Bonchev–Trinajstić information content (AvgIpc) is 3.34. The number of sulfone groups is 1. The van der Waals surface area contributed by atoms with E-state index in [1.807, 2.05) is 0 Å². The van der Waals surface area contributed by atoms with E-state index in [1.165, 1.54) is 40.2 Å². The number of carbonyl (C=O) groups is 2. The minimum Gasteiger partial charge on any atom is -0.465 e. The van der Waals surface area contributed by atoms with Gasteiger partial charge in [-0.2, -0.15) is 0 Å². The van der Waals surface area contributed by atoms with Crippen LogP contribution < -0.4 is 5.32 Å². The van der Waals surface area contributed by atoms with Crippen molar-refractivity contribution < 1.29 is 28.0 Å². The summed E-state index contributed by atoms with van der Waals surface area (Å²) in [4.78, 5) is 40.5. The van der Waals surface area contributed by atoms with Crippen LogP contribution in [0.1, 0.15) is 11.1 Å². The molecule has 12 nitrogen and oxygen atoms in total. The lowest BCUT2D eigenvalue weighted by atomic mass is 10.1. The van der Waals surface area contributed by atoms with Crippen LogP contribution in [0.5, 0.6) is 0 Å². The number of aliphatic imine (C=N–C) groups is 1. The Kier molecular flexibility index (Phi) is 8.51. The zero-order valence-corrected chi connectivity index (χ0v) is 20.2. The van der Waals surface area contributed by atoms with Gasteiger partial charge in [0.2, 0.25) is 5.91 Å². The predicted molar refractivity (Wildman–Crippen MR) is 131 cm³/mol. The molecule has 0 spiro atoms. The van der Waals surface area contributed by atoms with Crippen molar-refractivity contribution in [1.29, 1.82) is 0 Å². The first-order valence-corrected chi connectivity index (χ1v) is 12.5. The number of para-hydroxylation sites is 1. The lowest BCUT2D eigenvalue weighted by molar-refractivity contribution is -0.387. The third-order valence-corrected chi connectivity index (χ3v) is 6.89. The SMILES string of the molecule is CN(Cc1ccc(C2=NCCN2C(=O)O)cc1)C(=O)/C=C/CNCS(=O)(=O)c1ccccc1[N+](=O)[O-]. The number of amides is 2. The monoisotopic (exact) mass is 515 g/mol. The Morgan fingerprint density at radius 1 is 1.22 bits per heavy atom. The first-order chi connectivity index (χ1) is 17.1. The van der Waals surface area contributed by atoms with Crippen LogP contribution in [0.4, 0.5) is 10.5 Å². The van der Waals surface area contributed by atoms with E-state index in [0.717, 1.165) is 11.6 Å². The Morgan fingerprint density at radius 2 is 1.92 bits per heavy atom. The highest BCUT2D eigenvalue weighted by Crippen LogP contribution is 2.23. The van der Waals surface area contributed by atoms with E-state index in [-0.39, 0.29) is 17.3 Å². The average molecular weight is 516 g/mol. The van der Waals surface area contributed by atoms with Crippen molar-refractivity contribution in [2.45, 2.75) is 11.4 Å². The van der Waals surface area contributed by atoms with Crippen LogP contribution in [0.3, 0.4) is 0 Å². The second-order valence-corrected chi connectivity index (χ2v) is 9.83. The number of carboxylic acid groups (broad SMARTS) is 1. The van der Waals surface area contributed by atoms with Crippen molar-refractivity contribution in [3.05, 3.63) is 81.9 Å². The van der Waals surface area contributed by atoms with Gasteiger partial charge in [-0.15, -0.1) is 0 Å². The second kappa shape index (κ2) is 11.6. The maximum absolute atomic E-state index is 12.4. The highest BCUT2D eigenvalue weighted by molar-refractivity contribution is 7.91. The van der Waals surface area contributed by atoms with Crippen LogP contribution in [-0.4, -0.2) is 78.6 Å². The number of nitro benzene ring substituents is 1. The Morgan fingerprint density at radius 3 is 2.58 bits per heavy atom. The molecule has 190 valence electrons. The van der Waals surface area contributed by atoms with Gasteiger partial charge in [-0.05, 0) is 11.6 Å².